The second-order valence-corrected chi connectivity index (χ2v) is 3.74. The molecule has 0 radical (unpaired) electrons. The highest BCUT2D eigenvalue weighted by Gasteiger charge is 2.06. The Bertz CT molecular complexity index is 259. The topological polar surface area (TPSA) is 49.3 Å². The van der Waals surface area contributed by atoms with Gasteiger partial charge in [0.2, 0.25) is 5.91 Å². The highest BCUT2D eigenvalue weighted by atomic mass is 32.1. The van der Waals surface area contributed by atoms with E-state index < -0.39 is 0 Å². The maximum absolute atomic E-state index is 11.3. The van der Waals surface area contributed by atoms with Gasteiger partial charge in [0.05, 0.1) is 13.0 Å². The fraction of sp³-hybridized carbons (Fsp3) is 0.444. The van der Waals surface area contributed by atoms with Crippen molar-refractivity contribution < 1.29 is 9.90 Å². The maximum Gasteiger partial charge on any atom is 0.224 e. The predicted molar refractivity (Wildman–Crippen MR) is 52.7 cm³/mol. The average molecular weight is 199 g/mol. The largest absolute Gasteiger partial charge is 0.394 e. The van der Waals surface area contributed by atoms with E-state index in [9.17, 15) is 4.79 Å². The van der Waals surface area contributed by atoms with Gasteiger partial charge in [-0.1, -0.05) is 0 Å². The van der Waals surface area contributed by atoms with Crippen molar-refractivity contribution in [2.75, 3.05) is 6.61 Å². The van der Waals surface area contributed by atoms with E-state index in [0.29, 0.717) is 6.42 Å². The first-order chi connectivity index (χ1) is 6.22. The molecule has 72 valence electrons. The summed E-state index contributed by atoms with van der Waals surface area (Å²) in [5, 5.41) is 15.3. The summed E-state index contributed by atoms with van der Waals surface area (Å²) in [6, 6.07) is 1.76. The maximum atomic E-state index is 11.3. The molecule has 1 atom stereocenters. The van der Waals surface area contributed by atoms with Crippen LogP contribution in [0.15, 0.2) is 16.8 Å². The molecule has 0 fully saturated rings. The standard InChI is InChI=1S/C9H13NO2S/c1-7(5-11)10-9(12)4-8-2-3-13-6-8/h2-3,6-7,11H,4-5H2,1H3,(H,10,12)/t7-/m1/s1. The zero-order valence-electron chi connectivity index (χ0n) is 7.49. The third kappa shape index (κ3) is 3.57. The minimum absolute atomic E-state index is 0.0185. The molecule has 13 heavy (non-hydrogen) atoms. The lowest BCUT2D eigenvalue weighted by Gasteiger charge is -2.09. The molecule has 3 nitrogen and oxygen atoms in total. The number of hydrogen-bond acceptors (Lipinski definition) is 3. The fourth-order valence-corrected chi connectivity index (χ4v) is 1.62. The van der Waals surface area contributed by atoms with Crippen LogP contribution in [0.3, 0.4) is 0 Å². The number of carbonyl (C=O) groups excluding carboxylic acids is 1. The van der Waals surface area contributed by atoms with E-state index in [1.54, 1.807) is 18.3 Å². The van der Waals surface area contributed by atoms with Gasteiger partial charge in [-0.3, -0.25) is 4.79 Å². The highest BCUT2D eigenvalue weighted by Crippen LogP contribution is 2.06. The van der Waals surface area contributed by atoms with Crippen molar-refractivity contribution in [1.82, 2.24) is 5.32 Å². The Kier molecular flexibility index (Phi) is 3.92. The van der Waals surface area contributed by atoms with Gasteiger partial charge in [-0.05, 0) is 29.3 Å². The van der Waals surface area contributed by atoms with Crippen LogP contribution in [0.4, 0.5) is 0 Å². The van der Waals surface area contributed by atoms with Crippen molar-refractivity contribution in [3.8, 4) is 0 Å². The smallest absolute Gasteiger partial charge is 0.224 e. The molecule has 1 aromatic rings. The zero-order chi connectivity index (χ0) is 9.68. The number of aliphatic hydroxyl groups is 1. The molecule has 2 N–H and O–H groups in total. The SMILES string of the molecule is C[C@H](CO)NC(=O)Cc1ccsc1. The summed E-state index contributed by atoms with van der Waals surface area (Å²) in [5.41, 5.74) is 1.02. The number of carbonyl (C=O) groups is 1. The van der Waals surface area contributed by atoms with Gasteiger partial charge in [-0.25, -0.2) is 0 Å². The van der Waals surface area contributed by atoms with E-state index in [0.717, 1.165) is 5.56 Å². The molecule has 0 bridgehead atoms. The average Bonchev–Trinajstić information content (AvgIpc) is 2.56. The lowest BCUT2D eigenvalue weighted by molar-refractivity contribution is -0.121. The van der Waals surface area contributed by atoms with Crippen LogP contribution in [0.2, 0.25) is 0 Å². The molecule has 0 aliphatic carbocycles. The molecule has 4 heteroatoms. The number of amides is 1. The van der Waals surface area contributed by atoms with E-state index in [1.807, 2.05) is 16.8 Å². The van der Waals surface area contributed by atoms with Gasteiger partial charge in [0.1, 0.15) is 0 Å². The molecule has 1 aromatic heterocycles. The normalized spacial score (nSPS) is 12.5. The number of aliphatic hydroxyl groups excluding tert-OH is 1. The molecule has 1 heterocycles. The van der Waals surface area contributed by atoms with Crippen molar-refractivity contribution >= 4 is 17.2 Å². The zero-order valence-corrected chi connectivity index (χ0v) is 8.30. The van der Waals surface area contributed by atoms with Crippen molar-refractivity contribution in [2.24, 2.45) is 0 Å². The second-order valence-electron chi connectivity index (χ2n) is 2.96. The van der Waals surface area contributed by atoms with Crippen molar-refractivity contribution in [1.29, 1.82) is 0 Å². The van der Waals surface area contributed by atoms with E-state index in [2.05, 4.69) is 5.32 Å². The van der Waals surface area contributed by atoms with E-state index in [4.69, 9.17) is 5.11 Å². The molecule has 0 spiro atoms. The van der Waals surface area contributed by atoms with Crippen LogP contribution in [0.25, 0.3) is 0 Å². The van der Waals surface area contributed by atoms with Crippen LogP contribution >= 0.6 is 11.3 Å². The lowest BCUT2D eigenvalue weighted by atomic mass is 10.2. The monoisotopic (exact) mass is 199 g/mol. The van der Waals surface area contributed by atoms with Gasteiger partial charge in [0.15, 0.2) is 0 Å². The third-order valence-corrected chi connectivity index (χ3v) is 2.36. The quantitative estimate of drug-likeness (QED) is 0.753. The Labute approximate surface area is 81.4 Å². The van der Waals surface area contributed by atoms with E-state index in [1.165, 1.54) is 0 Å². The first-order valence-electron chi connectivity index (χ1n) is 4.13. The van der Waals surface area contributed by atoms with Crippen LogP contribution in [-0.2, 0) is 11.2 Å². The summed E-state index contributed by atoms with van der Waals surface area (Å²) < 4.78 is 0. The summed E-state index contributed by atoms with van der Waals surface area (Å²) in [6.45, 7) is 1.75. The van der Waals surface area contributed by atoms with Crippen molar-refractivity contribution in [3.05, 3.63) is 22.4 Å². The van der Waals surface area contributed by atoms with Crippen LogP contribution in [-0.4, -0.2) is 23.7 Å². The Hall–Kier alpha value is -0.870. The molecule has 1 rings (SSSR count). The fourth-order valence-electron chi connectivity index (χ4n) is 0.950. The number of hydrogen-bond donors (Lipinski definition) is 2. The first-order valence-corrected chi connectivity index (χ1v) is 5.08. The molecular formula is C9H13NO2S. The van der Waals surface area contributed by atoms with Gasteiger partial charge in [-0.2, -0.15) is 11.3 Å². The summed E-state index contributed by atoms with van der Waals surface area (Å²) in [4.78, 5) is 11.3. The van der Waals surface area contributed by atoms with Crippen molar-refractivity contribution in [2.45, 2.75) is 19.4 Å². The molecule has 0 saturated carbocycles. The van der Waals surface area contributed by atoms with Gasteiger partial charge >= 0.3 is 0 Å². The van der Waals surface area contributed by atoms with Gasteiger partial charge in [0, 0.05) is 6.04 Å². The molecule has 0 aliphatic rings. The predicted octanol–water partition coefficient (Wildman–Crippen LogP) is 0.788. The number of thiophene rings is 1. The molecule has 0 aromatic carbocycles. The number of nitrogens with one attached hydrogen (secondary N) is 1. The van der Waals surface area contributed by atoms with E-state index >= 15 is 0 Å². The third-order valence-electron chi connectivity index (χ3n) is 1.63. The Morgan fingerprint density at radius 1 is 1.77 bits per heavy atom. The lowest BCUT2D eigenvalue weighted by Crippen LogP contribution is -2.35. The summed E-state index contributed by atoms with van der Waals surface area (Å²) in [6.07, 6.45) is 0.397. The molecule has 1 amide bonds. The van der Waals surface area contributed by atoms with E-state index in [-0.39, 0.29) is 18.6 Å². The van der Waals surface area contributed by atoms with Crippen LogP contribution < -0.4 is 5.32 Å². The van der Waals surface area contributed by atoms with Gasteiger partial charge in [0.25, 0.3) is 0 Å². The summed E-state index contributed by atoms with van der Waals surface area (Å²) in [5.74, 6) is -0.0417. The minimum Gasteiger partial charge on any atom is -0.394 e. The Balaban J connectivity index is 2.34. The van der Waals surface area contributed by atoms with Crippen LogP contribution in [0.5, 0.6) is 0 Å². The highest BCUT2D eigenvalue weighted by molar-refractivity contribution is 7.07. The van der Waals surface area contributed by atoms with Crippen LogP contribution in [0, 0.1) is 0 Å². The Morgan fingerprint density at radius 2 is 2.54 bits per heavy atom. The van der Waals surface area contributed by atoms with Gasteiger partial charge in [-0.15, -0.1) is 0 Å². The summed E-state index contributed by atoms with van der Waals surface area (Å²) >= 11 is 1.58. The molecule has 0 unspecified atom stereocenters. The molecular weight excluding hydrogens is 186 g/mol. The minimum atomic E-state index is -0.161. The van der Waals surface area contributed by atoms with Gasteiger partial charge < -0.3 is 10.4 Å². The first kappa shape index (κ1) is 10.2. The Morgan fingerprint density at radius 3 is 3.08 bits per heavy atom. The van der Waals surface area contributed by atoms with Crippen molar-refractivity contribution in [3.63, 3.8) is 0 Å². The summed E-state index contributed by atoms with van der Waals surface area (Å²) in [7, 11) is 0. The number of rotatable bonds is 4. The molecule has 0 saturated heterocycles. The van der Waals surface area contributed by atoms with Crippen LogP contribution in [0.1, 0.15) is 12.5 Å². The molecule has 0 aliphatic heterocycles. The second kappa shape index (κ2) is 4.99.